The van der Waals surface area contributed by atoms with Crippen LogP contribution in [0.4, 0.5) is 16.3 Å². The van der Waals surface area contributed by atoms with E-state index in [1.54, 1.807) is 18.2 Å². The molecule has 1 aliphatic heterocycles. The summed E-state index contributed by atoms with van der Waals surface area (Å²) in [6.45, 7) is 7.22. The summed E-state index contributed by atoms with van der Waals surface area (Å²) in [5.41, 5.74) is 2.02. The maximum absolute atomic E-state index is 12.9. The number of urea groups is 1. The number of carbonyl (C=O) groups is 1. The van der Waals surface area contributed by atoms with Gasteiger partial charge in [0.2, 0.25) is 0 Å². The van der Waals surface area contributed by atoms with Crippen molar-refractivity contribution in [1.82, 2.24) is 14.9 Å². The van der Waals surface area contributed by atoms with Crippen LogP contribution in [0.5, 0.6) is 0 Å². The van der Waals surface area contributed by atoms with E-state index in [4.69, 9.17) is 33.2 Å². The molecule has 1 saturated heterocycles. The largest absolute Gasteiger partial charge is 0.352 e. The predicted octanol–water partition coefficient (Wildman–Crippen LogP) is 6.43. The molecule has 9 heteroatoms. The lowest BCUT2D eigenvalue weighted by molar-refractivity contribution is 0.208. The predicted molar refractivity (Wildman–Crippen MR) is 142 cm³/mol. The van der Waals surface area contributed by atoms with Crippen molar-refractivity contribution in [2.45, 2.75) is 46.0 Å². The summed E-state index contributed by atoms with van der Waals surface area (Å²) in [4.78, 5) is 29.6. The Morgan fingerprint density at radius 1 is 1.21 bits per heavy atom. The number of hydrogen-bond donors (Lipinski definition) is 1. The monoisotopic (exact) mass is 517 g/mol. The van der Waals surface area contributed by atoms with Crippen molar-refractivity contribution in [3.63, 3.8) is 0 Å². The number of nitrogens with zero attached hydrogens (tertiary/aromatic N) is 4. The summed E-state index contributed by atoms with van der Waals surface area (Å²) >= 11 is 14.1. The van der Waals surface area contributed by atoms with E-state index < -0.39 is 0 Å². The van der Waals surface area contributed by atoms with Gasteiger partial charge in [-0.15, -0.1) is 11.3 Å². The Morgan fingerprint density at radius 3 is 2.74 bits per heavy atom. The van der Waals surface area contributed by atoms with E-state index in [0.29, 0.717) is 28.8 Å². The molecule has 1 N–H and O–H groups in total. The third-order valence-electron chi connectivity index (χ3n) is 6.70. The highest BCUT2D eigenvalue weighted by Gasteiger charge is 2.28. The van der Waals surface area contributed by atoms with Gasteiger partial charge in [0, 0.05) is 42.5 Å². The van der Waals surface area contributed by atoms with Gasteiger partial charge in [0.05, 0.1) is 16.1 Å². The summed E-state index contributed by atoms with van der Waals surface area (Å²) in [6, 6.07) is 4.93. The molecule has 2 aliphatic rings. The number of piperazine rings is 1. The average molecular weight is 519 g/mol. The van der Waals surface area contributed by atoms with Crippen LogP contribution < -0.4 is 10.2 Å². The highest BCUT2D eigenvalue weighted by atomic mass is 35.5. The minimum Gasteiger partial charge on any atom is -0.352 e. The van der Waals surface area contributed by atoms with E-state index in [-0.39, 0.29) is 6.03 Å². The molecule has 0 radical (unpaired) electrons. The molecule has 0 saturated carbocycles. The Morgan fingerprint density at radius 2 is 2.00 bits per heavy atom. The maximum atomic E-state index is 12.9. The fraction of sp³-hybridized carbons (Fsp3) is 0.480. The highest BCUT2D eigenvalue weighted by Crippen LogP contribution is 2.41. The van der Waals surface area contributed by atoms with Crippen LogP contribution in [-0.2, 0) is 19.3 Å². The third-order valence-corrected chi connectivity index (χ3v) is 8.39. The van der Waals surface area contributed by atoms with Crippen molar-refractivity contribution < 1.29 is 4.79 Å². The molecule has 34 heavy (non-hydrogen) atoms. The molecule has 1 unspecified atom stereocenters. The summed E-state index contributed by atoms with van der Waals surface area (Å²) < 4.78 is 0. The number of halogens is 2. The second-order valence-corrected chi connectivity index (χ2v) is 11.2. The summed E-state index contributed by atoms with van der Waals surface area (Å²) in [6.07, 6.45) is 5.36. The van der Waals surface area contributed by atoms with Crippen LogP contribution in [0.2, 0.25) is 10.0 Å². The molecular formula is C25H29Cl2N5OS. The molecule has 180 valence electrons. The Balaban J connectivity index is 1.36. The van der Waals surface area contributed by atoms with Crippen LogP contribution in [0.3, 0.4) is 0 Å². The molecule has 1 aliphatic carbocycles. The number of anilines is 2. The normalized spacial score (nSPS) is 18.3. The van der Waals surface area contributed by atoms with Crippen LogP contribution in [-0.4, -0.2) is 47.1 Å². The Bertz CT molecular complexity index is 1220. The molecule has 1 fully saturated rings. The number of hydrogen-bond acceptors (Lipinski definition) is 5. The van der Waals surface area contributed by atoms with Gasteiger partial charge in [0.1, 0.15) is 16.5 Å². The highest BCUT2D eigenvalue weighted by molar-refractivity contribution is 7.19. The number of aromatic nitrogens is 2. The molecule has 1 aromatic carbocycles. The molecule has 5 rings (SSSR count). The van der Waals surface area contributed by atoms with E-state index in [2.05, 4.69) is 24.1 Å². The van der Waals surface area contributed by atoms with Crippen LogP contribution in [0.1, 0.15) is 43.0 Å². The fourth-order valence-corrected chi connectivity index (χ4v) is 6.69. The van der Waals surface area contributed by atoms with E-state index in [0.717, 1.165) is 61.2 Å². The number of fused-ring (bicyclic) bond motifs is 3. The zero-order chi connectivity index (χ0) is 23.8. The number of nitrogens with one attached hydrogen (secondary N) is 1. The van der Waals surface area contributed by atoms with Crippen LogP contribution >= 0.6 is 34.5 Å². The van der Waals surface area contributed by atoms with Gasteiger partial charge in [0.25, 0.3) is 0 Å². The lowest BCUT2D eigenvalue weighted by Crippen LogP contribution is -2.50. The van der Waals surface area contributed by atoms with Crippen molar-refractivity contribution in [1.29, 1.82) is 0 Å². The number of carbonyl (C=O) groups excluding carboxylic acids is 1. The van der Waals surface area contributed by atoms with E-state index in [1.807, 2.05) is 16.2 Å². The number of thiophene rings is 1. The minimum atomic E-state index is -0.148. The maximum Gasteiger partial charge on any atom is 0.322 e. The number of benzene rings is 1. The summed E-state index contributed by atoms with van der Waals surface area (Å²) in [5.74, 6) is 2.71. The van der Waals surface area contributed by atoms with Crippen LogP contribution in [0.25, 0.3) is 10.2 Å². The lowest BCUT2D eigenvalue weighted by Gasteiger charge is -2.36. The summed E-state index contributed by atoms with van der Waals surface area (Å²) in [7, 11) is 0. The molecule has 2 amide bonds. The molecule has 3 heterocycles. The Labute approximate surface area is 214 Å². The van der Waals surface area contributed by atoms with Crippen molar-refractivity contribution in [3.8, 4) is 0 Å². The lowest BCUT2D eigenvalue weighted by atomic mass is 9.89. The Kier molecular flexibility index (Phi) is 6.87. The molecule has 1 atom stereocenters. The average Bonchev–Trinajstić information content (AvgIpc) is 3.18. The van der Waals surface area contributed by atoms with E-state index >= 15 is 0 Å². The van der Waals surface area contributed by atoms with Crippen molar-refractivity contribution >= 4 is 62.3 Å². The first-order valence-corrected chi connectivity index (χ1v) is 13.6. The van der Waals surface area contributed by atoms with Crippen LogP contribution in [0, 0.1) is 5.92 Å². The zero-order valence-electron chi connectivity index (χ0n) is 19.5. The minimum absolute atomic E-state index is 0.148. The van der Waals surface area contributed by atoms with Gasteiger partial charge in [-0.05, 0) is 55.4 Å². The van der Waals surface area contributed by atoms with E-state index in [9.17, 15) is 4.79 Å². The zero-order valence-corrected chi connectivity index (χ0v) is 21.9. The number of amides is 2. The first-order valence-electron chi connectivity index (χ1n) is 12.0. The molecule has 0 spiro atoms. The quantitative estimate of drug-likeness (QED) is 0.433. The standard InChI is InChI=1S/C25H29Cl2N5OS/c1-3-4-21-29-23(22-17-7-5-15(2)13-20(17)34-24(22)30-21)31-9-11-32(12-10-31)25(33)28-19-8-6-16(26)14-18(19)27/h6,8,14-15H,3-5,7,9-13H2,1-2H3,(H,28,33). The van der Waals surface area contributed by atoms with Gasteiger partial charge in [-0.2, -0.15) is 0 Å². The van der Waals surface area contributed by atoms with E-state index in [1.165, 1.54) is 22.2 Å². The second kappa shape index (κ2) is 9.88. The Hall–Kier alpha value is -2.09. The number of aryl methyl sites for hydroxylation is 2. The van der Waals surface area contributed by atoms with Gasteiger partial charge < -0.3 is 15.1 Å². The third kappa shape index (κ3) is 4.70. The van der Waals surface area contributed by atoms with Gasteiger partial charge >= 0.3 is 6.03 Å². The van der Waals surface area contributed by atoms with Crippen molar-refractivity contribution in [3.05, 3.63) is 44.5 Å². The van der Waals surface area contributed by atoms with Gasteiger partial charge in [-0.3, -0.25) is 0 Å². The summed E-state index contributed by atoms with van der Waals surface area (Å²) in [5, 5.41) is 5.13. The molecular weight excluding hydrogens is 489 g/mol. The topological polar surface area (TPSA) is 61.4 Å². The first kappa shape index (κ1) is 23.6. The van der Waals surface area contributed by atoms with Crippen LogP contribution in [0.15, 0.2) is 18.2 Å². The van der Waals surface area contributed by atoms with Crippen molar-refractivity contribution in [2.24, 2.45) is 5.92 Å². The van der Waals surface area contributed by atoms with Crippen molar-refractivity contribution in [2.75, 3.05) is 36.4 Å². The van der Waals surface area contributed by atoms with Gasteiger partial charge in [0.15, 0.2) is 0 Å². The first-order chi connectivity index (χ1) is 16.4. The SMILES string of the molecule is CCCc1nc(N2CCN(C(=O)Nc3ccc(Cl)cc3Cl)CC2)c2c3c(sc2n1)CC(C)CC3. The smallest absolute Gasteiger partial charge is 0.322 e. The van der Waals surface area contributed by atoms with Gasteiger partial charge in [-0.1, -0.05) is 37.0 Å². The molecule has 6 nitrogen and oxygen atoms in total. The number of rotatable bonds is 4. The van der Waals surface area contributed by atoms with Gasteiger partial charge in [-0.25, -0.2) is 14.8 Å². The molecule has 2 aromatic heterocycles. The second-order valence-electron chi connectivity index (χ2n) is 9.27. The molecule has 0 bridgehead atoms. The molecule has 3 aromatic rings. The fourth-order valence-electron chi connectivity index (χ4n) is 4.84.